The minimum Gasteiger partial charge on any atom is -0.379 e. The second-order valence-electron chi connectivity index (χ2n) is 7.82. The van der Waals surface area contributed by atoms with Gasteiger partial charge in [-0.25, -0.2) is 0 Å². The predicted molar refractivity (Wildman–Crippen MR) is 136 cm³/mol. The van der Waals surface area contributed by atoms with Crippen molar-refractivity contribution in [1.82, 2.24) is 30.1 Å². The topological polar surface area (TPSA) is 79.1 Å². The van der Waals surface area contributed by atoms with E-state index in [0.29, 0.717) is 12.0 Å². The van der Waals surface area contributed by atoms with E-state index in [1.807, 2.05) is 31.4 Å². The van der Waals surface area contributed by atoms with Crippen molar-refractivity contribution in [3.05, 3.63) is 30.2 Å². The minimum absolute atomic E-state index is 0. The summed E-state index contributed by atoms with van der Waals surface area (Å²) in [6.07, 6.45) is 6.24. The van der Waals surface area contributed by atoms with Crippen LogP contribution in [0.3, 0.4) is 0 Å². The van der Waals surface area contributed by atoms with E-state index in [0.717, 1.165) is 69.7 Å². The summed E-state index contributed by atoms with van der Waals surface area (Å²) in [5.74, 6) is 2.54. The molecule has 1 saturated heterocycles. The van der Waals surface area contributed by atoms with Gasteiger partial charge in [0.2, 0.25) is 0 Å². The molecule has 9 heteroatoms. The molecule has 1 unspecified atom stereocenters. The average molecular weight is 543 g/mol. The molecule has 2 N–H and O–H groups in total. The highest BCUT2D eigenvalue weighted by Crippen LogP contribution is 2.19. The molecule has 3 rings (SSSR count). The maximum atomic E-state index is 5.56. The third-order valence-corrected chi connectivity index (χ3v) is 6.06. The van der Waals surface area contributed by atoms with Crippen molar-refractivity contribution >= 4 is 35.6 Å². The number of pyridine rings is 1. The van der Waals surface area contributed by atoms with E-state index in [1.54, 1.807) is 0 Å². The van der Waals surface area contributed by atoms with Crippen molar-refractivity contribution in [1.29, 1.82) is 0 Å². The van der Waals surface area contributed by atoms with Gasteiger partial charge in [-0.1, -0.05) is 32.8 Å². The number of halogens is 1. The lowest BCUT2D eigenvalue weighted by Crippen LogP contribution is -2.53. The molecule has 0 radical (unpaired) electrons. The summed E-state index contributed by atoms with van der Waals surface area (Å²) in [5.41, 5.74) is 0.897. The van der Waals surface area contributed by atoms with Gasteiger partial charge in [0.15, 0.2) is 11.6 Å². The number of guanidine groups is 1. The van der Waals surface area contributed by atoms with Crippen LogP contribution in [0.15, 0.2) is 29.4 Å². The highest BCUT2D eigenvalue weighted by molar-refractivity contribution is 14.0. The highest BCUT2D eigenvalue weighted by Gasteiger charge is 2.26. The van der Waals surface area contributed by atoms with Crippen LogP contribution in [0.5, 0.6) is 0 Å². The van der Waals surface area contributed by atoms with E-state index >= 15 is 0 Å². The lowest BCUT2D eigenvalue weighted by Gasteiger charge is -2.39. The second-order valence-corrected chi connectivity index (χ2v) is 7.82. The number of nitrogens with zero attached hydrogens (tertiary/aromatic N) is 5. The van der Waals surface area contributed by atoms with E-state index in [4.69, 9.17) is 4.74 Å². The van der Waals surface area contributed by atoms with Crippen molar-refractivity contribution in [2.75, 3.05) is 46.4 Å². The van der Waals surface area contributed by atoms with E-state index in [-0.39, 0.29) is 24.0 Å². The zero-order valence-electron chi connectivity index (χ0n) is 19.1. The molecule has 3 heterocycles. The number of rotatable bonds is 10. The molecule has 0 saturated carbocycles. The fourth-order valence-corrected chi connectivity index (χ4v) is 4.27. The molecule has 0 bridgehead atoms. The van der Waals surface area contributed by atoms with Gasteiger partial charge in [0.1, 0.15) is 5.82 Å². The lowest BCUT2D eigenvalue weighted by molar-refractivity contribution is 0.00272. The van der Waals surface area contributed by atoms with Crippen LogP contribution >= 0.6 is 24.0 Å². The van der Waals surface area contributed by atoms with E-state index in [9.17, 15) is 0 Å². The first kappa shape index (κ1) is 25.8. The Balaban J connectivity index is 0.00000341. The standard InChI is InChI=1S/C22H37N7O.HI/c1-4-18(5-2)19(28-13-15-30-16-14-28)17-25-22(23-3)24-11-8-10-21-27-26-20-9-6-7-12-29(20)21;/h6-7,9,12,18-19H,4-5,8,10-11,13-17H2,1-3H3,(H2,23,24,25);1H. The molecule has 31 heavy (non-hydrogen) atoms. The second kappa shape index (κ2) is 13.8. The van der Waals surface area contributed by atoms with Crippen LogP contribution in [0.25, 0.3) is 5.65 Å². The van der Waals surface area contributed by atoms with Crippen LogP contribution < -0.4 is 10.6 Å². The Hall–Kier alpha value is -1.46. The number of nitrogens with one attached hydrogen (secondary N) is 2. The van der Waals surface area contributed by atoms with Crippen LogP contribution in [0.4, 0.5) is 0 Å². The van der Waals surface area contributed by atoms with Crippen LogP contribution in [0, 0.1) is 5.92 Å². The van der Waals surface area contributed by atoms with Crippen molar-refractivity contribution < 1.29 is 4.74 Å². The van der Waals surface area contributed by atoms with Crippen molar-refractivity contribution in [2.24, 2.45) is 10.9 Å². The molecule has 0 aromatic carbocycles. The van der Waals surface area contributed by atoms with Gasteiger partial charge in [0, 0.05) is 51.9 Å². The molecule has 0 aliphatic carbocycles. The molecule has 1 fully saturated rings. The van der Waals surface area contributed by atoms with Gasteiger partial charge in [0.05, 0.1) is 13.2 Å². The fraction of sp³-hybridized carbons (Fsp3) is 0.682. The number of aromatic nitrogens is 3. The number of hydrogen-bond donors (Lipinski definition) is 2. The number of aryl methyl sites for hydroxylation is 1. The maximum absolute atomic E-state index is 5.56. The van der Waals surface area contributed by atoms with Crippen molar-refractivity contribution in [3.63, 3.8) is 0 Å². The Bertz CT molecular complexity index is 787. The lowest BCUT2D eigenvalue weighted by atomic mass is 9.92. The molecule has 8 nitrogen and oxygen atoms in total. The normalized spacial score (nSPS) is 16.3. The summed E-state index contributed by atoms with van der Waals surface area (Å²) < 4.78 is 7.61. The molecular formula is C22H38IN7O. The van der Waals surface area contributed by atoms with Gasteiger partial charge in [-0.2, -0.15) is 0 Å². The summed E-state index contributed by atoms with van der Waals surface area (Å²) >= 11 is 0. The average Bonchev–Trinajstić information content (AvgIpc) is 3.21. The van der Waals surface area contributed by atoms with Gasteiger partial charge in [0.25, 0.3) is 0 Å². The number of morpholine rings is 1. The Morgan fingerprint density at radius 1 is 1.16 bits per heavy atom. The summed E-state index contributed by atoms with van der Waals surface area (Å²) in [7, 11) is 1.84. The molecule has 174 valence electrons. The van der Waals surface area contributed by atoms with Crippen LogP contribution in [-0.2, 0) is 11.2 Å². The first-order valence-corrected chi connectivity index (χ1v) is 11.3. The number of hydrogen-bond acceptors (Lipinski definition) is 5. The third kappa shape index (κ3) is 7.28. The molecule has 2 aromatic rings. The monoisotopic (exact) mass is 543 g/mol. The van der Waals surface area contributed by atoms with Crippen LogP contribution in [-0.4, -0.2) is 77.9 Å². The first-order valence-electron chi connectivity index (χ1n) is 11.3. The van der Waals surface area contributed by atoms with Gasteiger partial charge in [-0.3, -0.25) is 14.3 Å². The minimum atomic E-state index is 0. The van der Waals surface area contributed by atoms with Crippen LogP contribution in [0.1, 0.15) is 38.9 Å². The Labute approximate surface area is 203 Å². The maximum Gasteiger partial charge on any atom is 0.191 e. The largest absolute Gasteiger partial charge is 0.379 e. The molecule has 2 aromatic heterocycles. The van der Waals surface area contributed by atoms with Gasteiger partial charge >= 0.3 is 0 Å². The molecule has 1 atom stereocenters. The zero-order valence-corrected chi connectivity index (χ0v) is 21.4. The highest BCUT2D eigenvalue weighted by atomic mass is 127. The number of ether oxygens (including phenoxy) is 1. The zero-order chi connectivity index (χ0) is 21.2. The smallest absolute Gasteiger partial charge is 0.191 e. The molecule has 0 amide bonds. The van der Waals surface area contributed by atoms with Crippen molar-refractivity contribution in [3.8, 4) is 0 Å². The number of aliphatic imine (C=N–C) groups is 1. The Morgan fingerprint density at radius 2 is 1.94 bits per heavy atom. The predicted octanol–water partition coefficient (Wildman–Crippen LogP) is 2.58. The Morgan fingerprint density at radius 3 is 2.65 bits per heavy atom. The first-order chi connectivity index (χ1) is 14.8. The quantitative estimate of drug-likeness (QED) is 0.208. The summed E-state index contributed by atoms with van der Waals surface area (Å²) in [5, 5.41) is 15.5. The molecular weight excluding hydrogens is 505 g/mol. The Kier molecular flexibility index (Phi) is 11.5. The van der Waals surface area contributed by atoms with E-state index in [1.165, 1.54) is 12.8 Å². The van der Waals surface area contributed by atoms with E-state index < -0.39 is 0 Å². The van der Waals surface area contributed by atoms with Crippen molar-refractivity contribution in [2.45, 2.75) is 45.6 Å². The summed E-state index contributed by atoms with van der Waals surface area (Å²) in [4.78, 5) is 7.00. The van der Waals surface area contributed by atoms with E-state index in [2.05, 4.69) is 49.0 Å². The summed E-state index contributed by atoms with van der Waals surface area (Å²) in [6.45, 7) is 10.0. The third-order valence-electron chi connectivity index (χ3n) is 6.06. The SMILES string of the molecule is CCC(CC)C(CNC(=NC)NCCCc1nnc2ccccn12)N1CCOCC1.I. The molecule has 0 spiro atoms. The molecule has 1 aliphatic heterocycles. The van der Waals surface area contributed by atoms with Gasteiger partial charge in [-0.05, 0) is 24.5 Å². The number of fused-ring (bicyclic) bond motifs is 1. The van der Waals surface area contributed by atoms with Gasteiger partial charge in [-0.15, -0.1) is 34.2 Å². The fourth-order valence-electron chi connectivity index (χ4n) is 4.27. The summed E-state index contributed by atoms with van der Waals surface area (Å²) in [6, 6.07) is 6.47. The molecule has 1 aliphatic rings. The van der Waals surface area contributed by atoms with Gasteiger partial charge < -0.3 is 15.4 Å². The van der Waals surface area contributed by atoms with Crippen LogP contribution in [0.2, 0.25) is 0 Å².